The van der Waals surface area contributed by atoms with Crippen LogP contribution in [0.15, 0.2) is 23.1 Å². The number of anilines is 1. The third kappa shape index (κ3) is 1.36. The van der Waals surface area contributed by atoms with Crippen LogP contribution in [0.25, 0.3) is 0 Å². The molecule has 0 atom stereocenters. The molecule has 1 aliphatic heterocycles. The van der Waals surface area contributed by atoms with Gasteiger partial charge in [-0.25, -0.2) is 12.7 Å². The minimum atomic E-state index is -3.81. The van der Waals surface area contributed by atoms with Gasteiger partial charge in [-0.15, -0.1) is 0 Å². The van der Waals surface area contributed by atoms with Crippen molar-refractivity contribution in [2.45, 2.75) is 4.90 Å². The topological polar surface area (TPSA) is 101 Å². The van der Waals surface area contributed by atoms with Crippen molar-refractivity contribution in [1.29, 1.82) is 0 Å². The quantitative estimate of drug-likeness (QED) is 0.675. The van der Waals surface area contributed by atoms with Crippen LogP contribution in [0.2, 0.25) is 0 Å². The van der Waals surface area contributed by atoms with Crippen LogP contribution >= 0.6 is 0 Å². The molecule has 0 aromatic heterocycles. The molecular formula is C9H10N2O4S. The average molecular weight is 242 g/mol. The molecule has 0 bridgehead atoms. The predicted octanol–water partition coefficient (Wildman–Crippen LogP) is -0.594. The number of rotatable bonds is 2. The Hall–Kier alpha value is -1.60. The van der Waals surface area contributed by atoms with E-state index in [0.717, 1.165) is 0 Å². The Labute approximate surface area is 92.3 Å². The van der Waals surface area contributed by atoms with Gasteiger partial charge in [-0.1, -0.05) is 0 Å². The van der Waals surface area contributed by atoms with Gasteiger partial charge in [0.25, 0.3) is 15.9 Å². The van der Waals surface area contributed by atoms with Crippen LogP contribution in [0, 0.1) is 0 Å². The minimum Gasteiger partial charge on any atom is -0.399 e. The number of aliphatic hydroxyl groups excluding tert-OH is 1. The maximum absolute atomic E-state index is 11.8. The summed E-state index contributed by atoms with van der Waals surface area (Å²) in [4.78, 5) is 11.7. The molecule has 7 heteroatoms. The molecule has 0 saturated heterocycles. The molecule has 1 aromatic carbocycles. The normalized spacial score (nSPS) is 17.6. The number of nitrogen functional groups attached to an aromatic ring is 1. The maximum atomic E-state index is 11.8. The first-order chi connectivity index (χ1) is 7.48. The molecule has 16 heavy (non-hydrogen) atoms. The third-order valence-corrected chi connectivity index (χ3v) is 4.17. The number of carbonyl (C=O) groups is 1. The molecule has 0 saturated carbocycles. The SMILES string of the molecule is Nc1ccc2c(c1)C(=O)N(CCO)S2(=O)=O. The number of aliphatic hydroxyl groups is 1. The van der Waals surface area contributed by atoms with Crippen molar-refractivity contribution >= 4 is 21.6 Å². The van der Waals surface area contributed by atoms with E-state index in [0.29, 0.717) is 9.99 Å². The minimum absolute atomic E-state index is 0.0554. The number of benzene rings is 1. The largest absolute Gasteiger partial charge is 0.399 e. The van der Waals surface area contributed by atoms with Crippen LogP contribution in [0.1, 0.15) is 10.4 Å². The summed E-state index contributed by atoms with van der Waals surface area (Å²) in [5, 5.41) is 8.73. The highest BCUT2D eigenvalue weighted by Gasteiger charge is 2.40. The van der Waals surface area contributed by atoms with Gasteiger partial charge in [0.2, 0.25) is 0 Å². The summed E-state index contributed by atoms with van der Waals surface area (Å²) in [6, 6.07) is 4.05. The molecular weight excluding hydrogens is 232 g/mol. The first-order valence-corrected chi connectivity index (χ1v) is 6.00. The second kappa shape index (κ2) is 3.46. The molecule has 1 amide bonds. The standard InChI is InChI=1S/C9H10N2O4S/c10-6-1-2-8-7(5-6)9(13)11(3-4-12)16(8,14)15/h1-2,5,12H,3-4,10H2. The van der Waals surface area contributed by atoms with Crippen LogP contribution in [0.4, 0.5) is 5.69 Å². The number of β-amino-alcohol motifs (C(OH)–C–C–N with tert-alkyl or cyclic N) is 1. The molecule has 0 aliphatic carbocycles. The Balaban J connectivity index is 2.62. The van der Waals surface area contributed by atoms with Gasteiger partial charge in [0.05, 0.1) is 18.7 Å². The lowest BCUT2D eigenvalue weighted by Crippen LogP contribution is -2.32. The number of hydrogen-bond donors (Lipinski definition) is 2. The molecule has 1 aromatic rings. The molecule has 6 nitrogen and oxygen atoms in total. The molecule has 1 heterocycles. The number of amides is 1. The smallest absolute Gasteiger partial charge is 0.269 e. The monoisotopic (exact) mass is 242 g/mol. The van der Waals surface area contributed by atoms with Crippen LogP contribution in [0.3, 0.4) is 0 Å². The summed E-state index contributed by atoms with van der Waals surface area (Å²) in [7, 11) is -3.81. The van der Waals surface area contributed by atoms with Crippen LogP contribution in [0.5, 0.6) is 0 Å². The number of hydrogen-bond acceptors (Lipinski definition) is 5. The van der Waals surface area contributed by atoms with Crippen LogP contribution in [-0.2, 0) is 10.0 Å². The van der Waals surface area contributed by atoms with E-state index in [2.05, 4.69) is 0 Å². The van der Waals surface area contributed by atoms with Crippen molar-refractivity contribution < 1.29 is 18.3 Å². The molecule has 0 spiro atoms. The van der Waals surface area contributed by atoms with Gasteiger partial charge < -0.3 is 10.8 Å². The molecule has 86 valence electrons. The Morgan fingerprint density at radius 3 is 2.69 bits per heavy atom. The maximum Gasteiger partial charge on any atom is 0.269 e. The Bertz CT molecular complexity index is 553. The Morgan fingerprint density at radius 1 is 1.38 bits per heavy atom. The second-order valence-electron chi connectivity index (χ2n) is 3.36. The zero-order valence-corrected chi connectivity index (χ0v) is 9.07. The van der Waals surface area contributed by atoms with Gasteiger partial charge >= 0.3 is 0 Å². The summed E-state index contributed by atoms with van der Waals surface area (Å²) in [6.07, 6.45) is 0. The molecule has 1 aliphatic rings. The Morgan fingerprint density at radius 2 is 2.06 bits per heavy atom. The van der Waals surface area contributed by atoms with Crippen molar-refractivity contribution in [3.05, 3.63) is 23.8 Å². The molecule has 0 unspecified atom stereocenters. The number of nitrogens with zero attached hydrogens (tertiary/aromatic N) is 1. The van der Waals surface area contributed by atoms with E-state index >= 15 is 0 Å². The zero-order chi connectivity index (χ0) is 11.9. The van der Waals surface area contributed by atoms with E-state index in [9.17, 15) is 13.2 Å². The van der Waals surface area contributed by atoms with Crippen molar-refractivity contribution in [3.8, 4) is 0 Å². The number of nitrogens with two attached hydrogens (primary N) is 1. The fourth-order valence-electron chi connectivity index (χ4n) is 1.61. The average Bonchev–Trinajstić information content (AvgIpc) is 2.40. The number of carbonyl (C=O) groups excluding carboxylic acids is 1. The molecule has 3 N–H and O–H groups in total. The lowest BCUT2D eigenvalue weighted by atomic mass is 10.2. The highest BCUT2D eigenvalue weighted by atomic mass is 32.2. The van der Waals surface area contributed by atoms with Crippen molar-refractivity contribution in [1.82, 2.24) is 4.31 Å². The second-order valence-corrected chi connectivity index (χ2v) is 5.19. The fraction of sp³-hybridized carbons (Fsp3) is 0.222. The van der Waals surface area contributed by atoms with E-state index < -0.39 is 22.5 Å². The molecule has 0 fully saturated rings. The highest BCUT2D eigenvalue weighted by molar-refractivity contribution is 7.90. The Kier molecular flexibility index (Phi) is 2.36. The highest BCUT2D eigenvalue weighted by Crippen LogP contribution is 2.30. The zero-order valence-electron chi connectivity index (χ0n) is 8.25. The summed E-state index contributed by atoms with van der Waals surface area (Å²) in [5.74, 6) is -0.642. The number of fused-ring (bicyclic) bond motifs is 1. The van der Waals surface area contributed by atoms with Crippen molar-refractivity contribution in [2.75, 3.05) is 18.9 Å². The number of sulfonamides is 1. The summed E-state index contributed by atoms with van der Waals surface area (Å²) >= 11 is 0. The van der Waals surface area contributed by atoms with Crippen LogP contribution in [-0.4, -0.2) is 36.9 Å². The summed E-state index contributed by atoms with van der Waals surface area (Å²) in [5.41, 5.74) is 5.88. The van der Waals surface area contributed by atoms with Gasteiger partial charge in [-0.2, -0.15) is 0 Å². The van der Waals surface area contributed by atoms with E-state index in [-0.39, 0.29) is 17.0 Å². The van der Waals surface area contributed by atoms with E-state index in [1.807, 2.05) is 0 Å². The lowest BCUT2D eigenvalue weighted by Gasteiger charge is -2.12. The van der Waals surface area contributed by atoms with E-state index in [4.69, 9.17) is 10.8 Å². The molecule has 0 radical (unpaired) electrons. The molecule has 2 rings (SSSR count). The van der Waals surface area contributed by atoms with E-state index in [1.54, 1.807) is 0 Å². The van der Waals surface area contributed by atoms with Crippen LogP contribution < -0.4 is 5.73 Å². The van der Waals surface area contributed by atoms with Gasteiger partial charge in [-0.3, -0.25) is 4.79 Å². The van der Waals surface area contributed by atoms with E-state index in [1.165, 1.54) is 18.2 Å². The summed E-state index contributed by atoms with van der Waals surface area (Å²) in [6.45, 7) is -0.649. The van der Waals surface area contributed by atoms with Gasteiger partial charge in [0.1, 0.15) is 4.90 Å². The predicted molar refractivity (Wildman–Crippen MR) is 56.2 cm³/mol. The van der Waals surface area contributed by atoms with Crippen molar-refractivity contribution in [2.24, 2.45) is 0 Å². The lowest BCUT2D eigenvalue weighted by molar-refractivity contribution is 0.0852. The van der Waals surface area contributed by atoms with Crippen molar-refractivity contribution in [3.63, 3.8) is 0 Å². The fourth-order valence-corrected chi connectivity index (χ4v) is 3.15. The first kappa shape index (κ1) is 10.9. The van der Waals surface area contributed by atoms with Gasteiger partial charge in [0, 0.05) is 5.69 Å². The van der Waals surface area contributed by atoms with Gasteiger partial charge in [-0.05, 0) is 18.2 Å². The third-order valence-electron chi connectivity index (χ3n) is 2.33. The summed E-state index contributed by atoms with van der Waals surface area (Å²) < 4.78 is 24.3. The first-order valence-electron chi connectivity index (χ1n) is 4.56. The van der Waals surface area contributed by atoms with Gasteiger partial charge in [0.15, 0.2) is 0 Å².